The van der Waals surface area contributed by atoms with Crippen molar-refractivity contribution in [1.82, 2.24) is 9.78 Å². The van der Waals surface area contributed by atoms with Crippen LogP contribution >= 0.6 is 15.9 Å². The van der Waals surface area contributed by atoms with Gasteiger partial charge in [-0.1, -0.05) is 28.1 Å². The number of aromatic nitrogens is 2. The molecule has 0 radical (unpaired) electrons. The molecule has 0 aliphatic heterocycles. The van der Waals surface area contributed by atoms with Crippen LogP contribution in [0.5, 0.6) is 5.75 Å². The van der Waals surface area contributed by atoms with E-state index in [9.17, 15) is 10.1 Å². The van der Waals surface area contributed by atoms with E-state index in [1.165, 1.54) is 6.07 Å². The molecular formula is C18H17BrN4O3. The zero-order chi connectivity index (χ0) is 18.5. The van der Waals surface area contributed by atoms with Gasteiger partial charge >= 0.3 is 0 Å². The third kappa shape index (κ3) is 4.60. The molecule has 1 N–H and O–H groups in total. The van der Waals surface area contributed by atoms with Crippen LogP contribution in [-0.4, -0.2) is 14.7 Å². The topological polar surface area (TPSA) is 82.2 Å². The summed E-state index contributed by atoms with van der Waals surface area (Å²) in [6, 6.07) is 14.3. The van der Waals surface area contributed by atoms with Crippen LogP contribution in [0.1, 0.15) is 11.3 Å². The number of nitrogens with zero attached hydrogens (tertiary/aromatic N) is 3. The molecule has 3 aromatic rings. The van der Waals surface area contributed by atoms with Gasteiger partial charge in [0.05, 0.1) is 10.6 Å². The van der Waals surface area contributed by atoms with E-state index in [-0.39, 0.29) is 5.69 Å². The number of nitro groups is 1. The second-order valence-corrected chi connectivity index (χ2v) is 6.60. The van der Waals surface area contributed by atoms with Crippen molar-refractivity contribution in [2.24, 2.45) is 7.05 Å². The highest BCUT2D eigenvalue weighted by atomic mass is 79.9. The van der Waals surface area contributed by atoms with Gasteiger partial charge in [-0.15, -0.1) is 0 Å². The van der Waals surface area contributed by atoms with E-state index >= 15 is 0 Å². The molecule has 2 aromatic carbocycles. The molecule has 0 amide bonds. The predicted molar refractivity (Wildman–Crippen MR) is 102 cm³/mol. The Hall–Kier alpha value is -2.87. The number of hydrogen-bond donors (Lipinski definition) is 1. The predicted octanol–water partition coefficient (Wildman–Crippen LogP) is 4.28. The average molecular weight is 417 g/mol. The van der Waals surface area contributed by atoms with Crippen LogP contribution in [0.2, 0.25) is 0 Å². The van der Waals surface area contributed by atoms with Crippen molar-refractivity contribution in [3.63, 3.8) is 0 Å². The van der Waals surface area contributed by atoms with Crippen molar-refractivity contribution in [2.45, 2.75) is 13.2 Å². The molecule has 3 rings (SSSR count). The van der Waals surface area contributed by atoms with Gasteiger partial charge in [-0.05, 0) is 29.8 Å². The molecule has 0 unspecified atom stereocenters. The van der Waals surface area contributed by atoms with E-state index in [0.717, 1.165) is 15.7 Å². The Labute approximate surface area is 158 Å². The Bertz CT molecular complexity index is 926. The second kappa shape index (κ2) is 8.01. The molecule has 26 heavy (non-hydrogen) atoms. The summed E-state index contributed by atoms with van der Waals surface area (Å²) >= 11 is 3.42. The first-order chi connectivity index (χ1) is 12.5. The van der Waals surface area contributed by atoms with E-state index in [2.05, 4.69) is 26.3 Å². The molecular weight excluding hydrogens is 400 g/mol. The van der Waals surface area contributed by atoms with E-state index in [1.807, 2.05) is 43.6 Å². The number of ether oxygens (including phenoxy) is 1. The summed E-state index contributed by atoms with van der Waals surface area (Å²) in [5, 5.41) is 18.6. The van der Waals surface area contributed by atoms with Crippen LogP contribution in [0.15, 0.2) is 59.2 Å². The van der Waals surface area contributed by atoms with Gasteiger partial charge in [0, 0.05) is 36.4 Å². The maximum atomic E-state index is 11.3. The fourth-order valence-corrected chi connectivity index (χ4v) is 2.89. The average Bonchev–Trinajstić information content (AvgIpc) is 3.03. The highest BCUT2D eigenvalue weighted by Crippen LogP contribution is 2.30. The third-order valence-corrected chi connectivity index (χ3v) is 4.19. The van der Waals surface area contributed by atoms with Crippen molar-refractivity contribution >= 4 is 27.3 Å². The number of nitro benzene ring substituents is 1. The second-order valence-electron chi connectivity index (χ2n) is 5.69. The van der Waals surface area contributed by atoms with Gasteiger partial charge in [0.2, 0.25) is 0 Å². The number of benzene rings is 2. The molecule has 0 saturated carbocycles. The maximum absolute atomic E-state index is 11.3. The zero-order valence-corrected chi connectivity index (χ0v) is 15.6. The van der Waals surface area contributed by atoms with Gasteiger partial charge in [-0.2, -0.15) is 5.10 Å². The molecule has 1 heterocycles. The van der Waals surface area contributed by atoms with E-state index < -0.39 is 4.92 Å². The molecule has 134 valence electrons. The normalized spacial score (nSPS) is 10.5. The number of anilines is 1. The van der Waals surface area contributed by atoms with Gasteiger partial charge in [0.1, 0.15) is 18.0 Å². The molecule has 0 fully saturated rings. The van der Waals surface area contributed by atoms with E-state index in [1.54, 1.807) is 16.8 Å². The van der Waals surface area contributed by atoms with Crippen LogP contribution in [-0.2, 0) is 20.2 Å². The lowest BCUT2D eigenvalue weighted by atomic mass is 10.2. The summed E-state index contributed by atoms with van der Waals surface area (Å²) in [6.45, 7) is 0.758. The minimum absolute atomic E-state index is 0.00480. The lowest BCUT2D eigenvalue weighted by Crippen LogP contribution is -2.04. The minimum Gasteiger partial charge on any atom is -0.487 e. The third-order valence-electron chi connectivity index (χ3n) is 3.69. The highest BCUT2D eigenvalue weighted by molar-refractivity contribution is 9.10. The first-order valence-electron chi connectivity index (χ1n) is 7.89. The Morgan fingerprint density at radius 1 is 1.27 bits per heavy atom. The molecule has 0 saturated heterocycles. The van der Waals surface area contributed by atoms with E-state index in [0.29, 0.717) is 24.6 Å². The standard InChI is InChI=1S/C18H17BrN4O3/c1-22-8-7-15(21-22)12-26-16-5-6-18(23(24)25)17(10-16)20-11-13-3-2-4-14(19)9-13/h2-10,20H,11-12H2,1H3. The van der Waals surface area contributed by atoms with Crippen LogP contribution in [0.4, 0.5) is 11.4 Å². The van der Waals surface area contributed by atoms with Gasteiger partial charge < -0.3 is 10.1 Å². The molecule has 0 bridgehead atoms. The monoisotopic (exact) mass is 416 g/mol. The van der Waals surface area contributed by atoms with Crippen molar-refractivity contribution in [3.05, 3.63) is 80.6 Å². The van der Waals surface area contributed by atoms with Crippen molar-refractivity contribution in [2.75, 3.05) is 5.32 Å². The SMILES string of the molecule is Cn1ccc(COc2ccc([N+](=O)[O-])c(NCc3cccc(Br)c3)c2)n1. The number of rotatable bonds is 7. The molecule has 0 spiro atoms. The molecule has 1 aromatic heterocycles. The molecule has 7 nitrogen and oxygen atoms in total. The fraction of sp³-hybridized carbons (Fsp3) is 0.167. The Morgan fingerprint density at radius 2 is 2.12 bits per heavy atom. The lowest BCUT2D eigenvalue weighted by molar-refractivity contribution is -0.384. The van der Waals surface area contributed by atoms with Crippen molar-refractivity contribution in [1.29, 1.82) is 0 Å². The Kier molecular flexibility index (Phi) is 5.52. The summed E-state index contributed by atoms with van der Waals surface area (Å²) in [5.74, 6) is 0.540. The van der Waals surface area contributed by atoms with Gasteiger partial charge in [0.15, 0.2) is 0 Å². The van der Waals surface area contributed by atoms with Crippen LogP contribution < -0.4 is 10.1 Å². The Balaban J connectivity index is 1.74. The smallest absolute Gasteiger partial charge is 0.292 e. The van der Waals surface area contributed by atoms with Crippen molar-refractivity contribution < 1.29 is 9.66 Å². The summed E-state index contributed by atoms with van der Waals surface area (Å²) in [4.78, 5) is 10.9. The Morgan fingerprint density at radius 3 is 2.81 bits per heavy atom. The van der Waals surface area contributed by atoms with E-state index in [4.69, 9.17) is 4.74 Å². The summed E-state index contributed by atoms with van der Waals surface area (Å²) in [6.07, 6.45) is 1.83. The molecule has 0 aliphatic carbocycles. The first-order valence-corrected chi connectivity index (χ1v) is 8.68. The van der Waals surface area contributed by atoms with Crippen LogP contribution in [0, 0.1) is 10.1 Å². The number of nitrogens with one attached hydrogen (secondary N) is 1. The molecule has 8 heteroatoms. The zero-order valence-electron chi connectivity index (χ0n) is 14.1. The van der Waals surface area contributed by atoms with Crippen LogP contribution in [0.3, 0.4) is 0 Å². The lowest BCUT2D eigenvalue weighted by Gasteiger charge is -2.10. The van der Waals surface area contributed by atoms with Crippen molar-refractivity contribution in [3.8, 4) is 5.75 Å². The van der Waals surface area contributed by atoms with Gasteiger partial charge in [-0.3, -0.25) is 14.8 Å². The highest BCUT2D eigenvalue weighted by Gasteiger charge is 2.15. The number of aryl methyl sites for hydroxylation is 1. The quantitative estimate of drug-likeness (QED) is 0.458. The summed E-state index contributed by atoms with van der Waals surface area (Å²) in [5.41, 5.74) is 2.21. The number of hydrogen-bond acceptors (Lipinski definition) is 5. The maximum Gasteiger partial charge on any atom is 0.292 e. The van der Waals surface area contributed by atoms with Crippen LogP contribution in [0.25, 0.3) is 0 Å². The fourth-order valence-electron chi connectivity index (χ4n) is 2.45. The minimum atomic E-state index is -0.411. The number of halogens is 1. The summed E-state index contributed by atoms with van der Waals surface area (Å²) in [7, 11) is 1.83. The molecule has 0 aliphatic rings. The van der Waals surface area contributed by atoms with Gasteiger partial charge in [-0.25, -0.2) is 0 Å². The largest absolute Gasteiger partial charge is 0.487 e. The van der Waals surface area contributed by atoms with Gasteiger partial charge in [0.25, 0.3) is 5.69 Å². The summed E-state index contributed by atoms with van der Waals surface area (Å²) < 4.78 is 8.36. The first kappa shape index (κ1) is 17.9. The molecule has 0 atom stereocenters.